The number of nitrogens with zero attached hydrogens (tertiary/aromatic N) is 2. The first-order valence-corrected chi connectivity index (χ1v) is 16.2. The Bertz CT molecular complexity index is 1430. The van der Waals surface area contributed by atoms with Gasteiger partial charge in [0, 0.05) is 38.9 Å². The molecule has 0 radical (unpaired) electrons. The Kier molecular flexibility index (Phi) is 10.6. The molecule has 4 aliphatic rings. The van der Waals surface area contributed by atoms with E-state index in [-0.39, 0.29) is 31.0 Å². The highest BCUT2D eigenvalue weighted by atomic mass is 16.7. The summed E-state index contributed by atoms with van der Waals surface area (Å²) in [6.45, 7) is 9.36. The number of carbonyl (C=O) groups excluding carboxylic acids is 2. The fourth-order valence-corrected chi connectivity index (χ4v) is 7.17. The molecule has 1 saturated heterocycles. The van der Waals surface area contributed by atoms with Crippen molar-refractivity contribution in [3.63, 3.8) is 0 Å². The van der Waals surface area contributed by atoms with Crippen LogP contribution < -0.4 is 0 Å². The van der Waals surface area contributed by atoms with Gasteiger partial charge in [-0.2, -0.15) is 0 Å². The quantitative estimate of drug-likeness (QED) is 0.229. The molecular formula is C35H48N2O10. The largest absolute Gasteiger partial charge is 0.456 e. The molecule has 4 unspecified atom stereocenters. The van der Waals surface area contributed by atoms with Crippen LogP contribution in [0.4, 0.5) is 0 Å². The smallest absolute Gasteiger partial charge is 0.331 e. The van der Waals surface area contributed by atoms with Crippen molar-refractivity contribution in [2.45, 2.75) is 89.6 Å². The van der Waals surface area contributed by atoms with Crippen molar-refractivity contribution in [3.8, 4) is 0 Å². The lowest BCUT2D eigenvalue weighted by Gasteiger charge is -2.41. The summed E-state index contributed by atoms with van der Waals surface area (Å²) in [6, 6.07) is 0. The second kappa shape index (κ2) is 14.2. The van der Waals surface area contributed by atoms with Crippen LogP contribution in [0.1, 0.15) is 53.2 Å². The molecule has 47 heavy (non-hydrogen) atoms. The predicted molar refractivity (Wildman–Crippen MR) is 170 cm³/mol. The topological polar surface area (TPSA) is 148 Å². The first-order valence-electron chi connectivity index (χ1n) is 16.2. The van der Waals surface area contributed by atoms with Crippen molar-refractivity contribution in [2.75, 3.05) is 20.3 Å². The molecule has 12 heteroatoms. The Morgan fingerprint density at radius 1 is 1.23 bits per heavy atom. The van der Waals surface area contributed by atoms with Crippen molar-refractivity contribution in [2.24, 2.45) is 30.7 Å². The van der Waals surface area contributed by atoms with E-state index >= 15 is 0 Å². The van der Waals surface area contributed by atoms with Crippen LogP contribution in [0.15, 0.2) is 54.1 Å². The lowest BCUT2D eigenvalue weighted by Crippen LogP contribution is -2.55. The highest BCUT2D eigenvalue weighted by Crippen LogP contribution is 2.49. The van der Waals surface area contributed by atoms with Crippen LogP contribution in [-0.2, 0) is 45.1 Å². The van der Waals surface area contributed by atoms with Gasteiger partial charge >= 0.3 is 11.9 Å². The van der Waals surface area contributed by atoms with E-state index in [1.165, 1.54) is 18.6 Å². The number of aliphatic hydroxyl groups excluding tert-OH is 2. The van der Waals surface area contributed by atoms with Gasteiger partial charge in [0.25, 0.3) is 0 Å². The highest BCUT2D eigenvalue weighted by molar-refractivity contribution is 5.86. The van der Waals surface area contributed by atoms with Crippen LogP contribution in [0.5, 0.6) is 0 Å². The van der Waals surface area contributed by atoms with Gasteiger partial charge in [-0.3, -0.25) is 4.79 Å². The van der Waals surface area contributed by atoms with E-state index in [9.17, 15) is 19.8 Å². The number of ether oxygens (including phenoxy) is 6. The third-order valence-corrected chi connectivity index (χ3v) is 9.88. The molecule has 10 atom stereocenters. The zero-order valence-corrected chi connectivity index (χ0v) is 28.2. The van der Waals surface area contributed by atoms with E-state index in [1.54, 1.807) is 30.3 Å². The minimum Gasteiger partial charge on any atom is -0.456 e. The van der Waals surface area contributed by atoms with Gasteiger partial charge in [0.2, 0.25) is 5.79 Å². The van der Waals surface area contributed by atoms with E-state index in [4.69, 9.17) is 28.4 Å². The highest BCUT2D eigenvalue weighted by Gasteiger charge is 2.54. The number of aliphatic hydroxyl groups is 2. The van der Waals surface area contributed by atoms with Gasteiger partial charge < -0.3 is 43.2 Å². The minimum atomic E-state index is -1.39. The number of aromatic nitrogens is 2. The molecule has 4 heterocycles. The van der Waals surface area contributed by atoms with Crippen molar-refractivity contribution in [1.29, 1.82) is 0 Å². The number of fused-ring (bicyclic) bond motifs is 3. The molecule has 258 valence electrons. The second-order valence-corrected chi connectivity index (χ2v) is 13.6. The lowest BCUT2D eigenvalue weighted by molar-refractivity contribution is -0.277. The maximum Gasteiger partial charge on any atom is 0.331 e. The van der Waals surface area contributed by atoms with Gasteiger partial charge in [-0.1, -0.05) is 31.6 Å². The van der Waals surface area contributed by atoms with Crippen LogP contribution >= 0.6 is 0 Å². The summed E-state index contributed by atoms with van der Waals surface area (Å²) < 4.78 is 38.1. The molecule has 0 saturated carbocycles. The first kappa shape index (κ1) is 35.2. The molecule has 12 nitrogen and oxygen atoms in total. The molecule has 1 aromatic heterocycles. The van der Waals surface area contributed by atoms with Crippen LogP contribution in [0.25, 0.3) is 6.08 Å². The zero-order valence-electron chi connectivity index (χ0n) is 28.2. The Balaban J connectivity index is 1.49. The molecule has 0 aromatic carbocycles. The Hall–Kier alpha value is -3.13. The summed E-state index contributed by atoms with van der Waals surface area (Å²) in [5, 5.41) is 20.8. The average Bonchev–Trinajstić information content (AvgIpc) is 3.61. The normalized spacial score (nSPS) is 37.1. The zero-order chi connectivity index (χ0) is 34.1. The molecule has 0 amide bonds. The van der Waals surface area contributed by atoms with Crippen LogP contribution in [-0.4, -0.2) is 94.1 Å². The van der Waals surface area contributed by atoms with Gasteiger partial charge in [0.15, 0.2) is 12.4 Å². The molecule has 3 aliphatic heterocycles. The Labute approximate surface area is 276 Å². The number of hydrogen-bond donors (Lipinski definition) is 2. The fourth-order valence-electron chi connectivity index (χ4n) is 7.17. The van der Waals surface area contributed by atoms with Gasteiger partial charge in [-0.15, -0.1) is 0 Å². The van der Waals surface area contributed by atoms with Crippen molar-refractivity contribution in [1.82, 2.24) is 9.55 Å². The van der Waals surface area contributed by atoms with Gasteiger partial charge in [0.1, 0.15) is 23.9 Å². The fraction of sp³-hybridized carbons (Fsp3) is 0.629. The molecule has 2 N–H and O–H groups in total. The van der Waals surface area contributed by atoms with Crippen LogP contribution in [0, 0.1) is 23.7 Å². The minimum absolute atomic E-state index is 0.0137. The molecule has 1 fully saturated rings. The monoisotopic (exact) mass is 656 g/mol. The molecule has 5 rings (SSSR count). The second-order valence-electron chi connectivity index (χ2n) is 13.6. The summed E-state index contributed by atoms with van der Waals surface area (Å²) in [4.78, 5) is 29.4. The number of methoxy groups -OCH3 is 1. The maximum atomic E-state index is 13.3. The van der Waals surface area contributed by atoms with Crippen LogP contribution in [0.3, 0.4) is 0 Å². The Morgan fingerprint density at radius 2 is 2.00 bits per heavy atom. The number of rotatable bonds is 9. The summed E-state index contributed by atoms with van der Waals surface area (Å²) in [5.74, 6) is -1.90. The third kappa shape index (κ3) is 7.48. The molecular weight excluding hydrogens is 608 g/mol. The average molecular weight is 657 g/mol. The van der Waals surface area contributed by atoms with E-state index in [1.807, 2.05) is 26.1 Å². The van der Waals surface area contributed by atoms with E-state index in [0.717, 1.165) is 6.42 Å². The SMILES string of the molecule is CO[C@]12C=C[C@](C)(O1)[C@@H](OC(=O)/C=C/c1cn(C)cn1)C[C@H]1C(C)=CC[C@H](C(C)C)[C@H]1C=C2COC1OCC(O)C(O)C1OC(C)=O. The third-order valence-electron chi connectivity index (χ3n) is 9.88. The van der Waals surface area contributed by atoms with Crippen molar-refractivity contribution in [3.05, 3.63) is 59.7 Å². The van der Waals surface area contributed by atoms with E-state index in [0.29, 0.717) is 23.6 Å². The van der Waals surface area contributed by atoms with Gasteiger partial charge in [-0.05, 0) is 68.6 Å². The van der Waals surface area contributed by atoms with Crippen LogP contribution in [0.2, 0.25) is 0 Å². The predicted octanol–water partition coefficient (Wildman–Crippen LogP) is 3.24. The van der Waals surface area contributed by atoms with Crippen molar-refractivity contribution < 1.29 is 48.2 Å². The number of esters is 2. The number of allylic oxidation sites excluding steroid dienone is 3. The number of imidazole rings is 1. The van der Waals surface area contributed by atoms with E-state index < -0.39 is 54.0 Å². The molecule has 2 bridgehead atoms. The summed E-state index contributed by atoms with van der Waals surface area (Å²) in [7, 11) is 3.40. The summed E-state index contributed by atoms with van der Waals surface area (Å²) in [5.41, 5.74) is 1.43. The van der Waals surface area contributed by atoms with Gasteiger partial charge in [0.05, 0.1) is 25.2 Å². The molecule has 1 aliphatic carbocycles. The lowest BCUT2D eigenvalue weighted by atomic mass is 9.65. The summed E-state index contributed by atoms with van der Waals surface area (Å²) in [6.07, 6.45) is 10.3. The van der Waals surface area contributed by atoms with E-state index in [2.05, 4.69) is 37.9 Å². The number of aryl methyl sites for hydroxylation is 1. The number of hydrogen-bond acceptors (Lipinski definition) is 11. The first-order chi connectivity index (χ1) is 22.2. The Morgan fingerprint density at radius 3 is 2.66 bits per heavy atom. The summed E-state index contributed by atoms with van der Waals surface area (Å²) >= 11 is 0. The standard InChI is InChI=1S/C35H48N2O10/c1-20(2)25-10-8-21(3)26-15-29(46-30(40)11-9-24-16-37(6)19-36-24)34(5)12-13-35(42-7,47-34)23(14-27(25)26)17-43-33-32(45-22(4)38)31(41)28(39)18-44-33/h8-9,11-14,16,19-20,25-29,31-33,39,41H,10,15,17-18H2,1-7H3/b11-9+,23-14?/t25-,26+,27-,28?,29+,31?,32?,33?,34+,35-/m1/s1. The van der Waals surface area contributed by atoms with Crippen molar-refractivity contribution >= 4 is 18.0 Å². The number of carbonyl (C=O) groups is 2. The maximum absolute atomic E-state index is 13.3. The molecule has 0 spiro atoms. The van der Waals surface area contributed by atoms with Gasteiger partial charge in [-0.25, -0.2) is 9.78 Å². The molecule has 1 aromatic rings.